The van der Waals surface area contributed by atoms with Crippen LogP contribution in [0.5, 0.6) is 0 Å². The number of nitrogens with zero attached hydrogens (tertiary/aromatic N) is 3. The Labute approximate surface area is 119 Å². The van der Waals surface area contributed by atoms with Crippen molar-refractivity contribution in [3.05, 3.63) is 11.4 Å². The lowest BCUT2D eigenvalue weighted by molar-refractivity contribution is 0.0517. The van der Waals surface area contributed by atoms with E-state index in [9.17, 15) is 4.79 Å². The summed E-state index contributed by atoms with van der Waals surface area (Å²) >= 11 is 0. The summed E-state index contributed by atoms with van der Waals surface area (Å²) < 4.78 is 12.4. The van der Waals surface area contributed by atoms with Crippen LogP contribution >= 0.6 is 0 Å². The molecule has 0 atom stereocenters. The van der Waals surface area contributed by atoms with Gasteiger partial charge in [-0.05, 0) is 25.7 Å². The van der Waals surface area contributed by atoms with Gasteiger partial charge >= 0.3 is 5.97 Å². The normalized spacial score (nSPS) is 14.8. The highest BCUT2D eigenvalue weighted by atomic mass is 16.5. The first-order valence-electron chi connectivity index (χ1n) is 7.31. The van der Waals surface area contributed by atoms with Crippen LogP contribution < -0.4 is 0 Å². The molecule has 2 rings (SSSR count). The Hall–Kier alpha value is -1.43. The molecule has 1 aliphatic carbocycles. The fraction of sp³-hybridized carbons (Fsp3) is 0.786. The molecule has 20 heavy (non-hydrogen) atoms. The topological polar surface area (TPSA) is 66.2 Å². The van der Waals surface area contributed by atoms with Crippen LogP contribution in [-0.2, 0) is 16.0 Å². The molecule has 1 aromatic heterocycles. The summed E-state index contributed by atoms with van der Waals surface area (Å²) in [7, 11) is 0. The number of hydrogen-bond acceptors (Lipinski definition) is 5. The predicted octanol–water partition coefficient (Wildman–Crippen LogP) is 2.00. The smallest absolute Gasteiger partial charge is 0.360 e. The molecule has 1 saturated carbocycles. The van der Waals surface area contributed by atoms with Crippen molar-refractivity contribution >= 4 is 5.97 Å². The Balaban J connectivity index is 2.00. The van der Waals surface area contributed by atoms with Gasteiger partial charge in [0, 0.05) is 12.5 Å². The van der Waals surface area contributed by atoms with Crippen molar-refractivity contribution in [2.24, 2.45) is 5.92 Å². The largest absolute Gasteiger partial charge is 0.461 e. The lowest BCUT2D eigenvalue weighted by atomic mass is 10.2. The monoisotopic (exact) mass is 281 g/mol. The van der Waals surface area contributed by atoms with Crippen LogP contribution in [0.3, 0.4) is 0 Å². The molecule has 0 spiro atoms. The Morgan fingerprint density at radius 1 is 1.45 bits per heavy atom. The molecular formula is C14H23N3O3. The summed E-state index contributed by atoms with van der Waals surface area (Å²) in [6.45, 7) is 8.33. The van der Waals surface area contributed by atoms with Gasteiger partial charge in [-0.2, -0.15) is 0 Å². The van der Waals surface area contributed by atoms with Gasteiger partial charge in [0.15, 0.2) is 5.69 Å². The molecule has 0 amide bonds. The summed E-state index contributed by atoms with van der Waals surface area (Å²) in [6.07, 6.45) is 2.18. The Morgan fingerprint density at radius 2 is 2.20 bits per heavy atom. The maximum Gasteiger partial charge on any atom is 0.360 e. The van der Waals surface area contributed by atoms with Crippen molar-refractivity contribution in [1.82, 2.24) is 15.0 Å². The van der Waals surface area contributed by atoms with Crippen LogP contribution in [0.4, 0.5) is 0 Å². The summed E-state index contributed by atoms with van der Waals surface area (Å²) in [5.41, 5.74) is 1.29. The van der Waals surface area contributed by atoms with E-state index in [1.54, 1.807) is 11.6 Å². The molecule has 0 aromatic carbocycles. The molecule has 1 aliphatic rings. The highest BCUT2D eigenvalue weighted by molar-refractivity contribution is 5.88. The Kier molecular flexibility index (Phi) is 5.11. The van der Waals surface area contributed by atoms with Gasteiger partial charge in [-0.3, -0.25) is 0 Å². The average Bonchev–Trinajstić information content (AvgIpc) is 3.15. The number of carbonyl (C=O) groups is 1. The zero-order valence-corrected chi connectivity index (χ0v) is 12.5. The zero-order valence-electron chi connectivity index (χ0n) is 12.5. The number of aromatic nitrogens is 3. The molecule has 0 aliphatic heterocycles. The summed E-state index contributed by atoms with van der Waals surface area (Å²) in [4.78, 5) is 11.9. The molecule has 6 nitrogen and oxygen atoms in total. The Morgan fingerprint density at radius 3 is 2.80 bits per heavy atom. The van der Waals surface area contributed by atoms with Crippen molar-refractivity contribution in [2.75, 3.05) is 19.8 Å². The highest BCUT2D eigenvalue weighted by Crippen LogP contribution is 2.41. The summed E-state index contributed by atoms with van der Waals surface area (Å²) in [5.74, 6) is 0.544. The first-order valence-corrected chi connectivity index (χ1v) is 7.31. The van der Waals surface area contributed by atoms with E-state index in [1.807, 2.05) is 0 Å². The average molecular weight is 281 g/mol. The molecule has 0 radical (unpaired) electrons. The van der Waals surface area contributed by atoms with Crippen molar-refractivity contribution in [3.8, 4) is 0 Å². The molecule has 1 aromatic rings. The third kappa shape index (κ3) is 3.79. The fourth-order valence-corrected chi connectivity index (χ4v) is 2.06. The van der Waals surface area contributed by atoms with Crippen LogP contribution in [0.1, 0.15) is 55.7 Å². The van der Waals surface area contributed by atoms with Crippen LogP contribution in [0.2, 0.25) is 0 Å². The van der Waals surface area contributed by atoms with E-state index in [0.29, 0.717) is 37.3 Å². The van der Waals surface area contributed by atoms with Crippen molar-refractivity contribution in [1.29, 1.82) is 0 Å². The summed E-state index contributed by atoms with van der Waals surface area (Å²) in [6, 6.07) is 0. The van der Waals surface area contributed by atoms with Crippen molar-refractivity contribution in [3.63, 3.8) is 0 Å². The number of rotatable bonds is 8. The number of carbonyl (C=O) groups excluding carboxylic acids is 1. The number of ether oxygens (including phenoxy) is 2. The van der Waals surface area contributed by atoms with Gasteiger partial charge in [-0.25, -0.2) is 9.48 Å². The lowest BCUT2D eigenvalue weighted by Gasteiger charge is -2.09. The second-order valence-corrected chi connectivity index (χ2v) is 5.51. The van der Waals surface area contributed by atoms with Gasteiger partial charge in [-0.1, -0.05) is 19.1 Å². The third-order valence-corrected chi connectivity index (χ3v) is 3.10. The third-order valence-electron chi connectivity index (χ3n) is 3.10. The standard InChI is InChI=1S/C14H23N3O3/c1-4-20-14(18)12-13(11-5-6-11)17(16-15-12)7-8-19-9-10(2)3/h10-11H,4-9H2,1-3H3. The minimum absolute atomic E-state index is 0.354. The van der Waals surface area contributed by atoms with Crippen LogP contribution in [0, 0.1) is 5.92 Å². The predicted molar refractivity (Wildman–Crippen MR) is 73.6 cm³/mol. The van der Waals surface area contributed by atoms with E-state index in [0.717, 1.165) is 25.1 Å². The van der Waals surface area contributed by atoms with Gasteiger partial charge in [-0.15, -0.1) is 5.10 Å². The minimum atomic E-state index is -0.372. The van der Waals surface area contributed by atoms with Gasteiger partial charge in [0.05, 0.1) is 25.5 Å². The molecular weight excluding hydrogens is 258 g/mol. The maximum atomic E-state index is 11.9. The van der Waals surface area contributed by atoms with E-state index in [4.69, 9.17) is 9.47 Å². The SMILES string of the molecule is CCOC(=O)c1nnn(CCOCC(C)C)c1C1CC1. The lowest BCUT2D eigenvalue weighted by Crippen LogP contribution is -2.14. The van der Waals surface area contributed by atoms with Crippen molar-refractivity contribution in [2.45, 2.75) is 46.1 Å². The van der Waals surface area contributed by atoms with E-state index in [-0.39, 0.29) is 5.97 Å². The first-order chi connectivity index (χ1) is 9.63. The molecule has 0 N–H and O–H groups in total. The van der Waals surface area contributed by atoms with Gasteiger partial charge < -0.3 is 9.47 Å². The van der Waals surface area contributed by atoms with Gasteiger partial charge in [0.2, 0.25) is 0 Å². The van der Waals surface area contributed by atoms with E-state index >= 15 is 0 Å². The first kappa shape index (κ1) is 15.0. The molecule has 0 unspecified atom stereocenters. The molecule has 0 saturated heterocycles. The molecule has 1 fully saturated rings. The Bertz CT molecular complexity index is 453. The number of esters is 1. The van der Waals surface area contributed by atoms with E-state index in [2.05, 4.69) is 24.2 Å². The molecule has 6 heteroatoms. The second kappa shape index (κ2) is 6.83. The zero-order chi connectivity index (χ0) is 14.5. The van der Waals surface area contributed by atoms with Crippen LogP contribution in [0.25, 0.3) is 0 Å². The van der Waals surface area contributed by atoms with E-state index in [1.165, 1.54) is 0 Å². The van der Waals surface area contributed by atoms with Crippen LogP contribution in [0.15, 0.2) is 0 Å². The molecule has 1 heterocycles. The van der Waals surface area contributed by atoms with Gasteiger partial charge in [0.1, 0.15) is 0 Å². The minimum Gasteiger partial charge on any atom is -0.461 e. The quantitative estimate of drug-likeness (QED) is 0.538. The molecule has 112 valence electrons. The van der Waals surface area contributed by atoms with Gasteiger partial charge in [0.25, 0.3) is 0 Å². The highest BCUT2D eigenvalue weighted by Gasteiger charge is 2.34. The number of hydrogen-bond donors (Lipinski definition) is 0. The van der Waals surface area contributed by atoms with Crippen LogP contribution in [-0.4, -0.2) is 40.8 Å². The summed E-state index contributed by atoms with van der Waals surface area (Å²) in [5, 5.41) is 8.08. The molecule has 0 bridgehead atoms. The fourth-order valence-electron chi connectivity index (χ4n) is 2.06. The van der Waals surface area contributed by atoms with E-state index < -0.39 is 0 Å². The second-order valence-electron chi connectivity index (χ2n) is 5.51. The van der Waals surface area contributed by atoms with Crippen molar-refractivity contribution < 1.29 is 14.3 Å². The maximum absolute atomic E-state index is 11.9.